The van der Waals surface area contributed by atoms with Crippen molar-refractivity contribution in [2.24, 2.45) is 5.92 Å². The fourth-order valence-corrected chi connectivity index (χ4v) is 3.63. The van der Waals surface area contributed by atoms with Crippen molar-refractivity contribution in [3.8, 4) is 0 Å². The number of carbonyl (C=O) groups excluding carboxylic acids is 2. The van der Waals surface area contributed by atoms with E-state index in [4.69, 9.17) is 5.11 Å². The molecule has 0 bridgehead atoms. The number of carbonyl (C=O) groups is 2. The summed E-state index contributed by atoms with van der Waals surface area (Å²) < 4.78 is 0. The topological polar surface area (TPSA) is 89.5 Å². The lowest BCUT2D eigenvalue weighted by atomic mass is 9.83. The fourth-order valence-electron chi connectivity index (χ4n) is 3.63. The first kappa shape index (κ1) is 15.0. The molecule has 2 aliphatic heterocycles. The van der Waals surface area contributed by atoms with Crippen LogP contribution >= 0.6 is 0 Å². The van der Waals surface area contributed by atoms with Crippen LogP contribution in [0.25, 0.3) is 0 Å². The molecule has 120 valence electrons. The summed E-state index contributed by atoms with van der Waals surface area (Å²) in [4.78, 5) is 34.7. The van der Waals surface area contributed by atoms with Gasteiger partial charge in [-0.15, -0.1) is 0 Å². The molecule has 2 N–H and O–H groups in total. The number of nitrogens with zero attached hydrogens (tertiary/aromatic N) is 3. The van der Waals surface area contributed by atoms with Crippen LogP contribution in [0.1, 0.15) is 25.0 Å². The average molecular weight is 306 g/mol. The van der Waals surface area contributed by atoms with Gasteiger partial charge in [0.1, 0.15) is 6.61 Å². The molecule has 1 aromatic heterocycles. The van der Waals surface area contributed by atoms with Crippen LogP contribution in [-0.4, -0.2) is 69.0 Å². The van der Waals surface area contributed by atoms with Crippen LogP contribution in [0.2, 0.25) is 0 Å². The van der Waals surface area contributed by atoms with Crippen molar-refractivity contribution >= 4 is 11.8 Å². The molecule has 7 nitrogen and oxygen atoms in total. The van der Waals surface area contributed by atoms with E-state index in [1.54, 1.807) is 17.4 Å². The number of nitrogens with one attached hydrogen (secondary N) is 1. The van der Waals surface area contributed by atoms with Crippen molar-refractivity contribution in [1.29, 1.82) is 0 Å². The average Bonchev–Trinajstić information content (AvgIpc) is 3.06. The predicted octanol–water partition coefficient (Wildman–Crippen LogP) is -0.216. The van der Waals surface area contributed by atoms with Crippen LogP contribution in [0, 0.1) is 5.92 Å². The van der Waals surface area contributed by atoms with Gasteiger partial charge in [0.15, 0.2) is 0 Å². The summed E-state index contributed by atoms with van der Waals surface area (Å²) in [5, 5.41) is 9.00. The molecule has 2 atom stereocenters. The van der Waals surface area contributed by atoms with Crippen molar-refractivity contribution in [3.05, 3.63) is 18.2 Å². The highest BCUT2D eigenvalue weighted by Gasteiger charge is 2.39. The third kappa shape index (κ3) is 2.99. The highest BCUT2D eigenvalue weighted by atomic mass is 16.3. The molecule has 0 aromatic carbocycles. The SMILES string of the molecule is O=C(CO)N1CC[C@@H]2[C@@H](CCC(=O)N2CCc2cnc[nH]2)C1. The fraction of sp³-hybridized carbons (Fsp3) is 0.667. The zero-order chi connectivity index (χ0) is 15.5. The van der Waals surface area contributed by atoms with Crippen LogP contribution in [0.15, 0.2) is 12.5 Å². The Balaban J connectivity index is 1.63. The molecule has 3 heterocycles. The van der Waals surface area contributed by atoms with Crippen LogP contribution in [-0.2, 0) is 16.0 Å². The van der Waals surface area contributed by atoms with Crippen molar-refractivity contribution in [2.45, 2.75) is 31.7 Å². The molecule has 2 amide bonds. The second-order valence-corrected chi connectivity index (χ2v) is 6.07. The van der Waals surface area contributed by atoms with Crippen LogP contribution < -0.4 is 0 Å². The molecule has 0 radical (unpaired) electrons. The van der Waals surface area contributed by atoms with Gasteiger partial charge in [-0.1, -0.05) is 0 Å². The van der Waals surface area contributed by atoms with Crippen molar-refractivity contribution in [1.82, 2.24) is 19.8 Å². The highest BCUT2D eigenvalue weighted by molar-refractivity contribution is 5.79. The smallest absolute Gasteiger partial charge is 0.248 e. The summed E-state index contributed by atoms with van der Waals surface area (Å²) in [7, 11) is 0. The van der Waals surface area contributed by atoms with Gasteiger partial charge in [0.25, 0.3) is 0 Å². The first-order valence-electron chi connectivity index (χ1n) is 7.84. The summed E-state index contributed by atoms with van der Waals surface area (Å²) in [6.45, 7) is 1.53. The van der Waals surface area contributed by atoms with E-state index in [9.17, 15) is 9.59 Å². The summed E-state index contributed by atoms with van der Waals surface area (Å²) in [5.74, 6) is 0.325. The maximum Gasteiger partial charge on any atom is 0.248 e. The second kappa shape index (κ2) is 6.48. The molecule has 0 saturated carbocycles. The summed E-state index contributed by atoms with van der Waals surface area (Å²) in [6.07, 6.45) is 6.38. The Bertz CT molecular complexity index is 531. The summed E-state index contributed by atoms with van der Waals surface area (Å²) in [6, 6.07) is 0.215. The van der Waals surface area contributed by atoms with E-state index in [1.165, 1.54) is 0 Å². The van der Waals surface area contributed by atoms with Crippen LogP contribution in [0.5, 0.6) is 0 Å². The molecule has 2 fully saturated rings. The molecule has 0 aliphatic carbocycles. The number of H-pyrrole nitrogens is 1. The largest absolute Gasteiger partial charge is 0.387 e. The number of aromatic amines is 1. The second-order valence-electron chi connectivity index (χ2n) is 6.07. The Morgan fingerprint density at radius 2 is 2.32 bits per heavy atom. The van der Waals surface area contributed by atoms with Crippen LogP contribution in [0.3, 0.4) is 0 Å². The molecule has 2 aliphatic rings. The highest BCUT2D eigenvalue weighted by Crippen LogP contribution is 2.31. The van der Waals surface area contributed by atoms with E-state index >= 15 is 0 Å². The number of aliphatic hydroxyl groups is 1. The number of rotatable bonds is 4. The third-order valence-electron chi connectivity index (χ3n) is 4.81. The van der Waals surface area contributed by atoms with E-state index in [0.29, 0.717) is 32.0 Å². The number of fused-ring (bicyclic) bond motifs is 1. The molecule has 2 saturated heterocycles. The van der Waals surface area contributed by atoms with Gasteiger partial charge >= 0.3 is 0 Å². The Kier molecular flexibility index (Phi) is 4.42. The van der Waals surface area contributed by atoms with Gasteiger partial charge in [-0.25, -0.2) is 4.98 Å². The van der Waals surface area contributed by atoms with Crippen molar-refractivity contribution in [3.63, 3.8) is 0 Å². The number of amides is 2. The quantitative estimate of drug-likeness (QED) is 0.805. The lowest BCUT2D eigenvalue weighted by Gasteiger charge is -2.47. The van der Waals surface area contributed by atoms with Gasteiger partial charge in [0.05, 0.1) is 6.33 Å². The van der Waals surface area contributed by atoms with Crippen molar-refractivity contribution in [2.75, 3.05) is 26.2 Å². The van der Waals surface area contributed by atoms with Gasteiger partial charge in [0, 0.05) is 50.4 Å². The Hall–Kier alpha value is -1.89. The van der Waals surface area contributed by atoms with E-state index in [2.05, 4.69) is 9.97 Å². The molecule has 1 aromatic rings. The third-order valence-corrected chi connectivity index (χ3v) is 4.81. The first-order valence-corrected chi connectivity index (χ1v) is 7.84. The van der Waals surface area contributed by atoms with Crippen molar-refractivity contribution < 1.29 is 14.7 Å². The van der Waals surface area contributed by atoms with Gasteiger partial charge in [-0.05, 0) is 18.8 Å². The number of imidazole rings is 1. The molecular formula is C15H22N4O3. The van der Waals surface area contributed by atoms with Gasteiger partial charge in [0.2, 0.25) is 11.8 Å². The standard InChI is InChI=1S/C15H22N4O3/c20-9-15(22)18-5-4-13-11(8-18)1-2-14(21)19(13)6-3-12-7-16-10-17-12/h7,10-11,13,20H,1-6,8-9H2,(H,16,17)/t11-,13+/m0/s1. The Morgan fingerprint density at radius 3 is 3.05 bits per heavy atom. The summed E-state index contributed by atoms with van der Waals surface area (Å²) in [5.41, 5.74) is 1.03. The minimum absolute atomic E-state index is 0.209. The number of aromatic nitrogens is 2. The normalized spacial score (nSPS) is 25.2. The lowest BCUT2D eigenvalue weighted by Crippen LogP contribution is -2.57. The number of hydrogen-bond acceptors (Lipinski definition) is 4. The Labute approximate surface area is 129 Å². The van der Waals surface area contributed by atoms with Gasteiger partial charge in [-0.2, -0.15) is 0 Å². The maximum absolute atomic E-state index is 12.3. The molecule has 0 unspecified atom stereocenters. The van der Waals surface area contributed by atoms with Gasteiger partial charge < -0.3 is 19.9 Å². The number of hydrogen-bond donors (Lipinski definition) is 2. The van der Waals surface area contributed by atoms with Gasteiger partial charge in [-0.3, -0.25) is 9.59 Å². The first-order chi connectivity index (χ1) is 10.7. The number of piperidine rings is 2. The lowest BCUT2D eigenvalue weighted by molar-refractivity contribution is -0.145. The van der Waals surface area contributed by atoms with E-state index < -0.39 is 6.61 Å². The Morgan fingerprint density at radius 1 is 1.45 bits per heavy atom. The van der Waals surface area contributed by atoms with E-state index in [-0.39, 0.29) is 17.9 Å². The summed E-state index contributed by atoms with van der Waals surface area (Å²) >= 11 is 0. The van der Waals surface area contributed by atoms with E-state index in [0.717, 1.165) is 25.0 Å². The molecule has 3 rings (SSSR count). The number of likely N-dealkylation sites (tertiary alicyclic amines) is 2. The predicted molar refractivity (Wildman–Crippen MR) is 78.8 cm³/mol. The monoisotopic (exact) mass is 306 g/mol. The molecular weight excluding hydrogens is 284 g/mol. The molecule has 7 heteroatoms. The molecule has 22 heavy (non-hydrogen) atoms. The maximum atomic E-state index is 12.3. The minimum atomic E-state index is -0.431. The zero-order valence-corrected chi connectivity index (χ0v) is 12.6. The number of aliphatic hydroxyl groups excluding tert-OH is 1. The zero-order valence-electron chi connectivity index (χ0n) is 12.6. The van der Waals surface area contributed by atoms with Crippen LogP contribution in [0.4, 0.5) is 0 Å². The minimum Gasteiger partial charge on any atom is -0.387 e. The van der Waals surface area contributed by atoms with E-state index in [1.807, 2.05) is 4.90 Å². The molecule has 0 spiro atoms.